The summed E-state index contributed by atoms with van der Waals surface area (Å²) >= 11 is 1.20. The maximum absolute atomic E-state index is 11.8. The Hall–Kier alpha value is -0.850. The SMILES string of the molecule is CC(CCCC(F)(F)F)Nc1cnns1. The van der Waals surface area contributed by atoms with E-state index in [1.165, 1.54) is 11.5 Å². The second-order valence-corrected chi connectivity index (χ2v) is 4.12. The maximum atomic E-state index is 11.8. The highest BCUT2D eigenvalue weighted by atomic mass is 32.1. The van der Waals surface area contributed by atoms with Crippen molar-refractivity contribution in [2.24, 2.45) is 0 Å². The molecular formula is C8H12F3N3S. The van der Waals surface area contributed by atoms with E-state index in [0.717, 1.165) is 5.00 Å². The fraction of sp³-hybridized carbons (Fsp3) is 0.750. The van der Waals surface area contributed by atoms with E-state index in [4.69, 9.17) is 0 Å². The van der Waals surface area contributed by atoms with Gasteiger partial charge < -0.3 is 5.32 Å². The fourth-order valence-electron chi connectivity index (χ4n) is 1.15. The van der Waals surface area contributed by atoms with Crippen molar-refractivity contribution in [1.29, 1.82) is 0 Å². The maximum Gasteiger partial charge on any atom is 0.389 e. The van der Waals surface area contributed by atoms with Crippen LogP contribution in [-0.4, -0.2) is 21.8 Å². The largest absolute Gasteiger partial charge is 0.389 e. The Morgan fingerprint density at radius 3 is 2.80 bits per heavy atom. The van der Waals surface area contributed by atoms with Crippen molar-refractivity contribution in [3.63, 3.8) is 0 Å². The van der Waals surface area contributed by atoms with Gasteiger partial charge in [0.2, 0.25) is 0 Å². The number of alkyl halides is 3. The van der Waals surface area contributed by atoms with E-state index in [1.807, 2.05) is 6.92 Å². The van der Waals surface area contributed by atoms with Gasteiger partial charge in [-0.05, 0) is 19.8 Å². The van der Waals surface area contributed by atoms with E-state index in [2.05, 4.69) is 14.9 Å². The highest BCUT2D eigenvalue weighted by Crippen LogP contribution is 2.23. The van der Waals surface area contributed by atoms with Gasteiger partial charge in [-0.2, -0.15) is 13.2 Å². The molecule has 0 spiro atoms. The zero-order valence-corrected chi connectivity index (χ0v) is 9.03. The van der Waals surface area contributed by atoms with Crippen LogP contribution in [-0.2, 0) is 0 Å². The van der Waals surface area contributed by atoms with Gasteiger partial charge in [0.15, 0.2) is 0 Å². The van der Waals surface area contributed by atoms with Gasteiger partial charge in [-0.1, -0.05) is 4.49 Å². The topological polar surface area (TPSA) is 37.8 Å². The molecule has 15 heavy (non-hydrogen) atoms. The number of aromatic nitrogens is 2. The molecule has 0 saturated carbocycles. The van der Waals surface area contributed by atoms with Crippen molar-refractivity contribution in [2.45, 2.75) is 38.4 Å². The molecular weight excluding hydrogens is 227 g/mol. The highest BCUT2D eigenvalue weighted by Gasteiger charge is 2.26. The Bertz CT molecular complexity index is 273. The summed E-state index contributed by atoms with van der Waals surface area (Å²) in [5.41, 5.74) is 0. The van der Waals surface area contributed by atoms with Crippen LogP contribution in [0.3, 0.4) is 0 Å². The lowest BCUT2D eigenvalue weighted by Gasteiger charge is -2.13. The van der Waals surface area contributed by atoms with E-state index < -0.39 is 12.6 Å². The summed E-state index contributed by atoms with van der Waals surface area (Å²) in [6.07, 6.45) is -2.59. The molecule has 1 heterocycles. The minimum Gasteiger partial charge on any atom is -0.372 e. The summed E-state index contributed by atoms with van der Waals surface area (Å²) in [7, 11) is 0. The minimum atomic E-state index is -4.05. The van der Waals surface area contributed by atoms with Crippen molar-refractivity contribution in [1.82, 2.24) is 9.59 Å². The third-order valence-electron chi connectivity index (χ3n) is 1.85. The molecule has 1 atom stereocenters. The number of hydrogen-bond donors (Lipinski definition) is 1. The van der Waals surface area contributed by atoms with E-state index in [0.29, 0.717) is 6.42 Å². The monoisotopic (exact) mass is 239 g/mol. The third-order valence-corrected chi connectivity index (χ3v) is 2.44. The molecule has 86 valence electrons. The minimum absolute atomic E-state index is 0.00889. The number of rotatable bonds is 5. The lowest BCUT2D eigenvalue weighted by molar-refractivity contribution is -0.135. The Kier molecular flexibility index (Phi) is 4.31. The molecule has 0 saturated heterocycles. The quantitative estimate of drug-likeness (QED) is 0.858. The second-order valence-electron chi connectivity index (χ2n) is 3.33. The van der Waals surface area contributed by atoms with Crippen molar-refractivity contribution in [3.05, 3.63) is 6.20 Å². The van der Waals surface area contributed by atoms with Crippen molar-refractivity contribution < 1.29 is 13.2 Å². The van der Waals surface area contributed by atoms with Crippen molar-refractivity contribution in [3.8, 4) is 0 Å². The molecule has 1 aromatic heterocycles. The molecule has 0 aliphatic heterocycles. The van der Waals surface area contributed by atoms with Crippen LogP contribution >= 0.6 is 11.5 Å². The number of nitrogens with zero attached hydrogens (tertiary/aromatic N) is 2. The summed E-state index contributed by atoms with van der Waals surface area (Å²) in [6.45, 7) is 1.84. The Labute approximate surface area is 89.9 Å². The van der Waals surface area contributed by atoms with Crippen LogP contribution in [0.15, 0.2) is 6.20 Å². The molecule has 0 amide bonds. The molecule has 0 aromatic carbocycles. The summed E-state index contributed by atoms with van der Waals surface area (Å²) in [6, 6.07) is 0.00889. The molecule has 7 heteroatoms. The lowest BCUT2D eigenvalue weighted by atomic mass is 10.1. The first-order chi connectivity index (χ1) is 6.97. The standard InChI is InChI=1S/C8H12F3N3S/c1-6(3-2-4-8(9,10)11)13-7-5-12-14-15-7/h5-6,13H,2-4H2,1H3. The summed E-state index contributed by atoms with van der Waals surface area (Å²) in [4.78, 5) is 0. The van der Waals surface area contributed by atoms with Gasteiger partial charge in [-0.15, -0.1) is 5.10 Å². The molecule has 1 N–H and O–H groups in total. The van der Waals surface area contributed by atoms with Gasteiger partial charge in [0.05, 0.1) is 6.20 Å². The Morgan fingerprint density at radius 1 is 1.53 bits per heavy atom. The predicted molar refractivity (Wildman–Crippen MR) is 52.9 cm³/mol. The highest BCUT2D eigenvalue weighted by molar-refractivity contribution is 7.09. The number of nitrogens with one attached hydrogen (secondary N) is 1. The first-order valence-electron chi connectivity index (χ1n) is 4.58. The molecule has 0 aliphatic carbocycles. The normalized spacial score (nSPS) is 13.9. The van der Waals surface area contributed by atoms with Crippen molar-refractivity contribution >= 4 is 16.5 Å². The van der Waals surface area contributed by atoms with Crippen LogP contribution < -0.4 is 5.32 Å². The molecule has 3 nitrogen and oxygen atoms in total. The smallest absolute Gasteiger partial charge is 0.372 e. The predicted octanol–water partition coefficient (Wildman–Crippen LogP) is 3.07. The number of halogens is 3. The zero-order valence-electron chi connectivity index (χ0n) is 8.21. The average molecular weight is 239 g/mol. The average Bonchev–Trinajstić information content (AvgIpc) is 2.54. The second kappa shape index (κ2) is 5.29. The Balaban J connectivity index is 2.17. The van der Waals surface area contributed by atoms with Crippen LogP contribution in [0, 0.1) is 0 Å². The van der Waals surface area contributed by atoms with Gasteiger partial charge in [-0.3, -0.25) is 0 Å². The summed E-state index contributed by atoms with van der Waals surface area (Å²) in [5.74, 6) is 0. The summed E-state index contributed by atoms with van der Waals surface area (Å²) in [5, 5.41) is 7.44. The molecule has 1 rings (SSSR count). The van der Waals surface area contributed by atoms with Crippen LogP contribution in [0.4, 0.5) is 18.2 Å². The number of hydrogen-bond acceptors (Lipinski definition) is 4. The molecule has 0 aliphatic rings. The van der Waals surface area contributed by atoms with Gasteiger partial charge >= 0.3 is 6.18 Å². The van der Waals surface area contributed by atoms with Crippen LogP contribution in [0.1, 0.15) is 26.2 Å². The zero-order chi connectivity index (χ0) is 11.3. The van der Waals surface area contributed by atoms with E-state index >= 15 is 0 Å². The first-order valence-corrected chi connectivity index (χ1v) is 5.35. The van der Waals surface area contributed by atoms with Crippen LogP contribution in [0.5, 0.6) is 0 Å². The van der Waals surface area contributed by atoms with Gasteiger partial charge in [0.1, 0.15) is 5.00 Å². The Morgan fingerprint density at radius 2 is 2.27 bits per heavy atom. The number of anilines is 1. The van der Waals surface area contributed by atoms with Gasteiger partial charge in [0, 0.05) is 24.0 Å². The van der Waals surface area contributed by atoms with E-state index in [-0.39, 0.29) is 12.5 Å². The van der Waals surface area contributed by atoms with Crippen molar-refractivity contribution in [2.75, 3.05) is 5.32 Å². The fourth-order valence-corrected chi connectivity index (χ4v) is 1.68. The lowest BCUT2D eigenvalue weighted by Crippen LogP contribution is -2.16. The van der Waals surface area contributed by atoms with Gasteiger partial charge in [0.25, 0.3) is 0 Å². The molecule has 0 bridgehead atoms. The summed E-state index contributed by atoms with van der Waals surface area (Å²) < 4.78 is 39.2. The first kappa shape index (κ1) is 12.2. The molecule has 0 radical (unpaired) electrons. The van der Waals surface area contributed by atoms with Gasteiger partial charge in [-0.25, -0.2) is 0 Å². The third kappa shape index (κ3) is 5.56. The van der Waals surface area contributed by atoms with Crippen LogP contribution in [0.2, 0.25) is 0 Å². The van der Waals surface area contributed by atoms with E-state index in [9.17, 15) is 13.2 Å². The van der Waals surface area contributed by atoms with Crippen LogP contribution in [0.25, 0.3) is 0 Å². The molecule has 0 fully saturated rings. The molecule has 1 aromatic rings. The molecule has 1 unspecified atom stereocenters. The van der Waals surface area contributed by atoms with E-state index in [1.54, 1.807) is 6.20 Å².